The minimum Gasteiger partial charge on any atom is -0.468 e. The van der Waals surface area contributed by atoms with Gasteiger partial charge in [-0.05, 0) is 24.5 Å². The first-order valence-corrected chi connectivity index (χ1v) is 6.04. The second-order valence-corrected chi connectivity index (χ2v) is 4.48. The summed E-state index contributed by atoms with van der Waals surface area (Å²) >= 11 is 0. The van der Waals surface area contributed by atoms with Crippen molar-refractivity contribution in [2.24, 2.45) is 5.92 Å². The highest BCUT2D eigenvalue weighted by molar-refractivity contribution is 5.75. The molecule has 0 radical (unpaired) electrons. The molecule has 1 aromatic heterocycles. The molecule has 1 rings (SSSR count). The fraction of sp³-hybridized carbons (Fsp3) is 0.615. The van der Waals surface area contributed by atoms with Crippen LogP contribution in [0.3, 0.4) is 0 Å². The van der Waals surface area contributed by atoms with E-state index in [9.17, 15) is 4.79 Å². The molecule has 0 fully saturated rings. The van der Waals surface area contributed by atoms with Crippen LogP contribution in [-0.2, 0) is 22.6 Å². The van der Waals surface area contributed by atoms with Crippen molar-refractivity contribution in [1.29, 1.82) is 0 Å². The summed E-state index contributed by atoms with van der Waals surface area (Å²) in [4.78, 5) is 11.5. The van der Waals surface area contributed by atoms with Gasteiger partial charge in [-0.3, -0.25) is 4.79 Å². The van der Waals surface area contributed by atoms with Gasteiger partial charge in [0.15, 0.2) is 0 Å². The Morgan fingerprint density at radius 2 is 2.24 bits per heavy atom. The second-order valence-electron chi connectivity index (χ2n) is 4.48. The molecule has 0 aromatic carbocycles. The smallest absolute Gasteiger partial charge is 0.323 e. The van der Waals surface area contributed by atoms with Crippen molar-refractivity contribution in [3.05, 3.63) is 24.0 Å². The highest BCUT2D eigenvalue weighted by atomic mass is 16.5. The molecule has 1 atom stereocenters. The fourth-order valence-electron chi connectivity index (χ4n) is 1.74. The van der Waals surface area contributed by atoms with E-state index < -0.39 is 0 Å². The van der Waals surface area contributed by atoms with Gasteiger partial charge in [-0.1, -0.05) is 13.8 Å². The van der Waals surface area contributed by atoms with Crippen LogP contribution in [0.5, 0.6) is 0 Å². The van der Waals surface area contributed by atoms with Crippen molar-refractivity contribution in [2.75, 3.05) is 7.11 Å². The normalized spacial score (nSPS) is 12.8. The number of rotatable bonds is 6. The molecule has 1 N–H and O–H groups in total. The number of nitrogens with zero attached hydrogens (tertiary/aromatic N) is 1. The lowest BCUT2D eigenvalue weighted by Gasteiger charge is -2.19. The molecule has 0 aliphatic carbocycles. The summed E-state index contributed by atoms with van der Waals surface area (Å²) < 4.78 is 6.89. The molecule has 1 unspecified atom stereocenters. The number of esters is 1. The van der Waals surface area contributed by atoms with Gasteiger partial charge in [0.05, 0.1) is 7.11 Å². The van der Waals surface area contributed by atoms with E-state index in [0.29, 0.717) is 6.54 Å². The van der Waals surface area contributed by atoms with Crippen molar-refractivity contribution < 1.29 is 9.53 Å². The third-order valence-corrected chi connectivity index (χ3v) is 2.82. The molecule has 0 spiro atoms. The molecule has 0 saturated heterocycles. The number of ether oxygens (including phenoxy) is 1. The predicted molar refractivity (Wildman–Crippen MR) is 67.6 cm³/mol. The van der Waals surface area contributed by atoms with Gasteiger partial charge in [-0.15, -0.1) is 0 Å². The Labute approximate surface area is 103 Å². The SMILES string of the molecule is CCn1ccc(CNC(C(=O)OC)C(C)C)c1. The zero-order valence-electron chi connectivity index (χ0n) is 11.1. The van der Waals surface area contributed by atoms with Gasteiger partial charge in [0, 0.05) is 25.5 Å². The zero-order valence-corrected chi connectivity index (χ0v) is 11.1. The van der Waals surface area contributed by atoms with Gasteiger partial charge in [-0.25, -0.2) is 0 Å². The van der Waals surface area contributed by atoms with E-state index in [1.54, 1.807) is 0 Å². The van der Waals surface area contributed by atoms with E-state index in [-0.39, 0.29) is 17.9 Å². The molecule has 0 amide bonds. The van der Waals surface area contributed by atoms with Crippen LogP contribution in [0.25, 0.3) is 0 Å². The number of nitrogens with one attached hydrogen (secondary N) is 1. The Balaban J connectivity index is 2.54. The van der Waals surface area contributed by atoms with Gasteiger partial charge >= 0.3 is 5.97 Å². The lowest BCUT2D eigenvalue weighted by molar-refractivity contribution is -0.144. The summed E-state index contributed by atoms with van der Waals surface area (Å²) in [6.45, 7) is 7.76. The Hall–Kier alpha value is -1.29. The topological polar surface area (TPSA) is 43.3 Å². The van der Waals surface area contributed by atoms with Crippen LogP contribution in [0.15, 0.2) is 18.5 Å². The summed E-state index contributed by atoms with van der Waals surface area (Å²) in [5.74, 6) is 0.0191. The zero-order chi connectivity index (χ0) is 12.8. The first-order valence-electron chi connectivity index (χ1n) is 6.04. The van der Waals surface area contributed by atoms with Gasteiger partial charge in [0.2, 0.25) is 0 Å². The third-order valence-electron chi connectivity index (χ3n) is 2.82. The average molecular weight is 238 g/mol. The molecule has 1 aromatic rings. The maximum absolute atomic E-state index is 11.5. The molecule has 17 heavy (non-hydrogen) atoms. The predicted octanol–water partition coefficient (Wildman–Crippen LogP) is 1.80. The van der Waals surface area contributed by atoms with Gasteiger partial charge < -0.3 is 14.6 Å². The van der Waals surface area contributed by atoms with E-state index in [4.69, 9.17) is 4.74 Å². The maximum Gasteiger partial charge on any atom is 0.323 e. The first-order chi connectivity index (χ1) is 8.08. The Bertz CT molecular complexity index is 358. The van der Waals surface area contributed by atoms with Gasteiger partial charge in [-0.2, -0.15) is 0 Å². The second kappa shape index (κ2) is 6.45. The van der Waals surface area contributed by atoms with Crippen molar-refractivity contribution in [2.45, 2.75) is 39.9 Å². The minimum absolute atomic E-state index is 0.199. The van der Waals surface area contributed by atoms with E-state index in [2.05, 4.69) is 29.1 Å². The Morgan fingerprint density at radius 1 is 1.53 bits per heavy atom. The molecule has 0 aliphatic heterocycles. The number of methoxy groups -OCH3 is 1. The number of carbonyl (C=O) groups excluding carboxylic acids is 1. The van der Waals surface area contributed by atoms with Crippen LogP contribution in [0.1, 0.15) is 26.3 Å². The standard InChI is InChI=1S/C13H22N2O2/c1-5-15-7-6-11(9-15)8-14-12(10(2)3)13(16)17-4/h6-7,9-10,12,14H,5,8H2,1-4H3. The summed E-state index contributed by atoms with van der Waals surface area (Å²) in [7, 11) is 1.42. The van der Waals surface area contributed by atoms with E-state index in [1.165, 1.54) is 12.7 Å². The molecular weight excluding hydrogens is 216 g/mol. The lowest BCUT2D eigenvalue weighted by atomic mass is 10.0. The number of hydrogen-bond acceptors (Lipinski definition) is 3. The molecule has 0 bridgehead atoms. The van der Waals surface area contributed by atoms with Crippen LogP contribution in [-0.4, -0.2) is 23.7 Å². The van der Waals surface area contributed by atoms with Crippen molar-refractivity contribution in [3.8, 4) is 0 Å². The van der Waals surface area contributed by atoms with E-state index in [0.717, 1.165) is 6.54 Å². The van der Waals surface area contributed by atoms with Crippen LogP contribution in [0, 0.1) is 5.92 Å². The van der Waals surface area contributed by atoms with E-state index in [1.807, 2.05) is 20.0 Å². The number of aromatic nitrogens is 1. The number of carbonyl (C=O) groups is 1. The summed E-state index contributed by atoms with van der Waals surface area (Å²) in [5, 5.41) is 3.24. The Kier molecular flexibility index (Phi) is 5.22. The molecule has 4 heteroatoms. The molecule has 0 aliphatic rings. The Morgan fingerprint density at radius 3 is 2.71 bits per heavy atom. The largest absolute Gasteiger partial charge is 0.468 e. The number of aryl methyl sites for hydroxylation is 1. The molecule has 4 nitrogen and oxygen atoms in total. The quantitative estimate of drug-likeness (QED) is 0.768. The maximum atomic E-state index is 11.5. The average Bonchev–Trinajstić information content (AvgIpc) is 2.76. The van der Waals surface area contributed by atoms with Gasteiger partial charge in [0.25, 0.3) is 0 Å². The summed E-state index contributed by atoms with van der Waals surface area (Å²) in [6, 6.07) is 1.82. The van der Waals surface area contributed by atoms with Crippen molar-refractivity contribution in [3.63, 3.8) is 0 Å². The van der Waals surface area contributed by atoms with Crippen molar-refractivity contribution in [1.82, 2.24) is 9.88 Å². The third kappa shape index (κ3) is 3.89. The van der Waals surface area contributed by atoms with E-state index >= 15 is 0 Å². The van der Waals surface area contributed by atoms with Crippen LogP contribution in [0.4, 0.5) is 0 Å². The lowest BCUT2D eigenvalue weighted by Crippen LogP contribution is -2.41. The highest BCUT2D eigenvalue weighted by Gasteiger charge is 2.22. The molecule has 0 saturated carbocycles. The van der Waals surface area contributed by atoms with Crippen molar-refractivity contribution >= 4 is 5.97 Å². The molecular formula is C13H22N2O2. The summed E-state index contributed by atoms with van der Waals surface area (Å²) in [5.41, 5.74) is 1.18. The molecule has 1 heterocycles. The first kappa shape index (κ1) is 13.8. The van der Waals surface area contributed by atoms with Gasteiger partial charge in [0.1, 0.15) is 6.04 Å². The fourth-order valence-corrected chi connectivity index (χ4v) is 1.74. The monoisotopic (exact) mass is 238 g/mol. The van der Waals surface area contributed by atoms with Crippen LogP contribution >= 0.6 is 0 Å². The molecule has 96 valence electrons. The van der Waals surface area contributed by atoms with Crippen LogP contribution in [0.2, 0.25) is 0 Å². The minimum atomic E-state index is -0.245. The number of hydrogen-bond donors (Lipinski definition) is 1. The highest BCUT2D eigenvalue weighted by Crippen LogP contribution is 2.06. The van der Waals surface area contributed by atoms with Crippen LogP contribution < -0.4 is 5.32 Å². The summed E-state index contributed by atoms with van der Waals surface area (Å²) in [6.07, 6.45) is 4.13.